The zero-order valence-electron chi connectivity index (χ0n) is 11.4. The van der Waals surface area contributed by atoms with Crippen LogP contribution in [0.2, 0.25) is 0 Å². The molecule has 0 radical (unpaired) electrons. The molecule has 0 spiro atoms. The lowest BCUT2D eigenvalue weighted by atomic mass is 10.1. The van der Waals surface area contributed by atoms with Crippen LogP contribution in [0.5, 0.6) is 5.75 Å². The molecule has 0 amide bonds. The molecule has 0 heterocycles. The highest BCUT2D eigenvalue weighted by Crippen LogP contribution is 2.22. The molecule has 1 N–H and O–H groups in total. The van der Waals surface area contributed by atoms with Gasteiger partial charge in [-0.1, -0.05) is 18.6 Å². The van der Waals surface area contributed by atoms with Gasteiger partial charge in [-0.05, 0) is 38.1 Å². The van der Waals surface area contributed by atoms with Gasteiger partial charge in [0.15, 0.2) is 11.6 Å². The summed E-state index contributed by atoms with van der Waals surface area (Å²) in [6.07, 6.45) is 0.745. The third-order valence-electron chi connectivity index (χ3n) is 2.75. The van der Waals surface area contributed by atoms with Gasteiger partial charge in [0, 0.05) is 12.5 Å². The zero-order chi connectivity index (χ0) is 13.5. The molecule has 1 rings (SSSR count). The summed E-state index contributed by atoms with van der Waals surface area (Å²) in [5, 5.41) is 3.25. The number of nitrogens with one attached hydrogen (secondary N) is 1. The first-order valence-corrected chi connectivity index (χ1v) is 6.34. The molecule has 3 heteroatoms. The molecule has 18 heavy (non-hydrogen) atoms. The highest BCUT2D eigenvalue weighted by molar-refractivity contribution is 5.30. The van der Waals surface area contributed by atoms with Gasteiger partial charge in [-0.3, -0.25) is 0 Å². The lowest BCUT2D eigenvalue weighted by Crippen LogP contribution is -2.17. The van der Waals surface area contributed by atoms with Crippen LogP contribution in [-0.4, -0.2) is 13.2 Å². The third-order valence-corrected chi connectivity index (χ3v) is 2.75. The van der Waals surface area contributed by atoms with E-state index in [0.717, 1.165) is 24.1 Å². The second-order valence-electron chi connectivity index (χ2n) is 4.52. The molecular weight excluding hydrogens is 229 g/mol. The lowest BCUT2D eigenvalue weighted by Gasteiger charge is -2.14. The van der Waals surface area contributed by atoms with Gasteiger partial charge in [-0.25, -0.2) is 4.39 Å². The Labute approximate surface area is 109 Å². The largest absolute Gasteiger partial charge is 0.490 e. The summed E-state index contributed by atoms with van der Waals surface area (Å²) >= 11 is 0. The first-order chi connectivity index (χ1) is 8.54. The summed E-state index contributed by atoms with van der Waals surface area (Å²) in [4.78, 5) is 0. The Hall–Kier alpha value is -1.35. The van der Waals surface area contributed by atoms with Crippen molar-refractivity contribution in [2.75, 3.05) is 13.2 Å². The minimum atomic E-state index is -0.307. The highest BCUT2D eigenvalue weighted by Gasteiger charge is 2.09. The molecule has 1 aromatic carbocycles. The zero-order valence-corrected chi connectivity index (χ0v) is 11.4. The maximum Gasteiger partial charge on any atom is 0.165 e. The summed E-state index contributed by atoms with van der Waals surface area (Å²) in [5.74, 6) is 0.00247. The highest BCUT2D eigenvalue weighted by atomic mass is 19.1. The van der Waals surface area contributed by atoms with Crippen molar-refractivity contribution in [3.8, 4) is 5.75 Å². The number of halogens is 1. The fraction of sp³-hybridized carbons (Fsp3) is 0.467. The normalized spacial score (nSPS) is 12.2. The first-order valence-electron chi connectivity index (χ1n) is 6.34. The minimum Gasteiger partial charge on any atom is -0.490 e. The van der Waals surface area contributed by atoms with E-state index in [1.165, 1.54) is 6.07 Å². The topological polar surface area (TPSA) is 21.3 Å². The van der Waals surface area contributed by atoms with Gasteiger partial charge in [0.2, 0.25) is 0 Å². The minimum absolute atomic E-state index is 0.147. The van der Waals surface area contributed by atoms with Crippen LogP contribution in [-0.2, 0) is 0 Å². The molecule has 0 aliphatic carbocycles. The van der Waals surface area contributed by atoms with Crippen molar-refractivity contribution in [1.29, 1.82) is 0 Å². The van der Waals surface area contributed by atoms with Crippen molar-refractivity contribution in [1.82, 2.24) is 5.32 Å². The number of hydrogen-bond donors (Lipinski definition) is 1. The third kappa shape index (κ3) is 4.49. The second-order valence-corrected chi connectivity index (χ2v) is 4.52. The molecule has 0 fully saturated rings. The van der Waals surface area contributed by atoms with Crippen molar-refractivity contribution in [2.45, 2.75) is 33.2 Å². The average molecular weight is 251 g/mol. The fourth-order valence-electron chi connectivity index (χ4n) is 1.66. The summed E-state index contributed by atoms with van der Waals surface area (Å²) in [6, 6.07) is 5.27. The summed E-state index contributed by atoms with van der Waals surface area (Å²) in [6.45, 7) is 11.1. The maximum atomic E-state index is 13.8. The van der Waals surface area contributed by atoms with Gasteiger partial charge in [0.1, 0.15) is 0 Å². The van der Waals surface area contributed by atoms with Gasteiger partial charge in [0.25, 0.3) is 0 Å². The molecule has 0 bridgehead atoms. The van der Waals surface area contributed by atoms with E-state index >= 15 is 0 Å². The molecule has 0 aliphatic heterocycles. The molecule has 2 nitrogen and oxygen atoms in total. The summed E-state index contributed by atoms with van der Waals surface area (Å²) in [5.41, 5.74) is 1.97. The summed E-state index contributed by atoms with van der Waals surface area (Å²) in [7, 11) is 0. The van der Waals surface area contributed by atoms with Crippen LogP contribution < -0.4 is 10.1 Å². The van der Waals surface area contributed by atoms with E-state index < -0.39 is 0 Å². The van der Waals surface area contributed by atoms with E-state index in [4.69, 9.17) is 4.74 Å². The lowest BCUT2D eigenvalue weighted by molar-refractivity contribution is 0.305. The molecule has 1 aromatic rings. The Morgan fingerprint density at radius 2 is 2.22 bits per heavy atom. The Balaban J connectivity index is 2.64. The number of ether oxygens (including phenoxy) is 1. The summed E-state index contributed by atoms with van der Waals surface area (Å²) < 4.78 is 19.2. The Bertz CT molecular complexity index is 403. The Kier molecular flexibility index (Phi) is 5.86. The Morgan fingerprint density at radius 1 is 1.50 bits per heavy atom. The predicted octanol–water partition coefficient (Wildman–Crippen LogP) is 3.84. The standard InChI is InChI=1S/C15H22FNO/c1-5-17-12(4)13-6-7-15(14(16)10-13)18-9-8-11(2)3/h6-7,10,12,17H,2,5,8-9H2,1,3-4H3. The molecule has 0 aromatic heterocycles. The van der Waals surface area contributed by atoms with Crippen molar-refractivity contribution in [2.24, 2.45) is 0 Å². The van der Waals surface area contributed by atoms with Crippen LogP contribution in [0.4, 0.5) is 4.39 Å². The molecule has 0 saturated carbocycles. The predicted molar refractivity (Wildman–Crippen MR) is 73.4 cm³/mol. The second kappa shape index (κ2) is 7.17. The molecule has 0 aliphatic rings. The van der Waals surface area contributed by atoms with Gasteiger partial charge in [-0.2, -0.15) is 0 Å². The van der Waals surface area contributed by atoms with E-state index in [9.17, 15) is 4.39 Å². The van der Waals surface area contributed by atoms with E-state index in [1.54, 1.807) is 6.07 Å². The van der Waals surface area contributed by atoms with Gasteiger partial charge in [0.05, 0.1) is 6.61 Å². The molecule has 100 valence electrons. The van der Waals surface area contributed by atoms with Gasteiger partial charge >= 0.3 is 0 Å². The van der Waals surface area contributed by atoms with Crippen molar-refractivity contribution >= 4 is 0 Å². The maximum absolute atomic E-state index is 13.8. The molecule has 1 unspecified atom stereocenters. The monoisotopic (exact) mass is 251 g/mol. The van der Waals surface area contributed by atoms with E-state index in [0.29, 0.717) is 12.4 Å². The van der Waals surface area contributed by atoms with Crippen molar-refractivity contribution in [3.63, 3.8) is 0 Å². The van der Waals surface area contributed by atoms with Crippen LogP contribution in [0.15, 0.2) is 30.4 Å². The number of rotatable bonds is 7. The quantitative estimate of drug-likeness (QED) is 0.743. The van der Waals surface area contributed by atoms with E-state index in [1.807, 2.05) is 26.8 Å². The number of benzene rings is 1. The molecular formula is C15H22FNO. The molecule has 1 atom stereocenters. The van der Waals surface area contributed by atoms with Crippen LogP contribution in [0.25, 0.3) is 0 Å². The SMILES string of the molecule is C=C(C)CCOc1ccc(C(C)NCC)cc1F. The van der Waals surface area contributed by atoms with Gasteiger partial charge in [-0.15, -0.1) is 6.58 Å². The van der Waals surface area contributed by atoms with E-state index in [-0.39, 0.29) is 11.9 Å². The van der Waals surface area contributed by atoms with Crippen LogP contribution in [0.1, 0.15) is 38.8 Å². The van der Waals surface area contributed by atoms with Crippen LogP contribution in [0, 0.1) is 5.82 Å². The van der Waals surface area contributed by atoms with E-state index in [2.05, 4.69) is 11.9 Å². The first kappa shape index (κ1) is 14.7. The molecule has 0 saturated heterocycles. The smallest absolute Gasteiger partial charge is 0.165 e. The Morgan fingerprint density at radius 3 is 2.78 bits per heavy atom. The van der Waals surface area contributed by atoms with Crippen molar-refractivity contribution in [3.05, 3.63) is 41.7 Å². The van der Waals surface area contributed by atoms with Crippen molar-refractivity contribution < 1.29 is 9.13 Å². The van der Waals surface area contributed by atoms with Gasteiger partial charge < -0.3 is 10.1 Å². The average Bonchev–Trinajstić information content (AvgIpc) is 2.31. The van der Waals surface area contributed by atoms with Crippen LogP contribution >= 0.6 is 0 Å². The van der Waals surface area contributed by atoms with Crippen LogP contribution in [0.3, 0.4) is 0 Å². The number of hydrogen-bond acceptors (Lipinski definition) is 2. The fourth-order valence-corrected chi connectivity index (χ4v) is 1.66.